The molecule has 1 saturated heterocycles. The number of unbranched alkanes of at least 4 members (excludes halogenated alkanes) is 1. The molecule has 112 valence electrons. The number of carbonyl (C=O) groups is 1. The summed E-state index contributed by atoms with van der Waals surface area (Å²) in [5.74, 6) is -0.647. The third-order valence-electron chi connectivity index (χ3n) is 3.69. The minimum atomic E-state index is -0.786. The number of aliphatic hydroxyl groups excluding tert-OH is 1. The standard InChI is InChI=1S/C14H27NO4/c1-3-4-8-19-10-12(16)9-15-7-5-6-11(2)13(15)14(17)18/h11-13,16H,3-10H2,1-2H3,(H,17,18). The zero-order valence-electron chi connectivity index (χ0n) is 12.0. The van der Waals surface area contributed by atoms with Gasteiger partial charge in [0.05, 0.1) is 12.7 Å². The maximum atomic E-state index is 11.3. The van der Waals surface area contributed by atoms with Crippen LogP contribution in [0.3, 0.4) is 0 Å². The normalized spacial score (nSPS) is 26.3. The van der Waals surface area contributed by atoms with Gasteiger partial charge in [-0.25, -0.2) is 0 Å². The van der Waals surface area contributed by atoms with Gasteiger partial charge in [0.15, 0.2) is 0 Å². The number of β-amino-alcohol motifs (C(OH)–C–C–N with tert-alkyl or cyclic N) is 1. The first-order chi connectivity index (χ1) is 9.06. The molecular formula is C14H27NO4. The Bertz CT molecular complexity index is 272. The molecular weight excluding hydrogens is 246 g/mol. The van der Waals surface area contributed by atoms with Crippen molar-refractivity contribution in [2.75, 3.05) is 26.3 Å². The summed E-state index contributed by atoms with van der Waals surface area (Å²) in [5, 5.41) is 19.2. The second-order valence-electron chi connectivity index (χ2n) is 5.48. The van der Waals surface area contributed by atoms with Gasteiger partial charge in [-0.1, -0.05) is 20.3 Å². The summed E-state index contributed by atoms with van der Waals surface area (Å²) < 4.78 is 5.38. The van der Waals surface area contributed by atoms with Gasteiger partial charge >= 0.3 is 5.97 Å². The van der Waals surface area contributed by atoms with Crippen molar-refractivity contribution in [2.45, 2.75) is 51.7 Å². The summed E-state index contributed by atoms with van der Waals surface area (Å²) in [6.45, 7) is 6.13. The van der Waals surface area contributed by atoms with Crippen LogP contribution in [0.1, 0.15) is 39.5 Å². The second-order valence-corrected chi connectivity index (χ2v) is 5.48. The summed E-state index contributed by atoms with van der Waals surface area (Å²) >= 11 is 0. The van der Waals surface area contributed by atoms with Gasteiger partial charge in [0.25, 0.3) is 0 Å². The molecule has 1 heterocycles. The Hall–Kier alpha value is -0.650. The first-order valence-electron chi connectivity index (χ1n) is 7.29. The van der Waals surface area contributed by atoms with E-state index in [1.807, 2.05) is 11.8 Å². The smallest absolute Gasteiger partial charge is 0.321 e. The lowest BCUT2D eigenvalue weighted by Crippen LogP contribution is -2.52. The molecule has 0 bridgehead atoms. The molecule has 5 heteroatoms. The first-order valence-corrected chi connectivity index (χ1v) is 7.29. The number of rotatable bonds is 8. The lowest BCUT2D eigenvalue weighted by atomic mass is 9.90. The van der Waals surface area contributed by atoms with E-state index >= 15 is 0 Å². The van der Waals surface area contributed by atoms with Crippen LogP contribution in [-0.2, 0) is 9.53 Å². The minimum absolute atomic E-state index is 0.138. The minimum Gasteiger partial charge on any atom is -0.480 e. The highest BCUT2D eigenvalue weighted by atomic mass is 16.5. The second kappa shape index (κ2) is 8.51. The summed E-state index contributed by atoms with van der Waals surface area (Å²) in [4.78, 5) is 13.2. The van der Waals surface area contributed by atoms with Crippen molar-refractivity contribution in [3.63, 3.8) is 0 Å². The molecule has 1 rings (SSSR count). The molecule has 0 saturated carbocycles. The predicted molar refractivity (Wildman–Crippen MR) is 73.1 cm³/mol. The van der Waals surface area contributed by atoms with E-state index in [1.54, 1.807) is 0 Å². The largest absolute Gasteiger partial charge is 0.480 e. The van der Waals surface area contributed by atoms with E-state index in [0.717, 1.165) is 32.2 Å². The van der Waals surface area contributed by atoms with Gasteiger partial charge in [0, 0.05) is 13.2 Å². The van der Waals surface area contributed by atoms with E-state index in [4.69, 9.17) is 4.74 Å². The quantitative estimate of drug-likeness (QED) is 0.653. The molecule has 0 aromatic carbocycles. The summed E-state index contributed by atoms with van der Waals surface area (Å²) in [7, 11) is 0. The lowest BCUT2D eigenvalue weighted by Gasteiger charge is -2.38. The molecule has 2 N–H and O–H groups in total. The molecule has 0 aliphatic carbocycles. The van der Waals surface area contributed by atoms with Crippen LogP contribution in [0.15, 0.2) is 0 Å². The number of carboxylic acid groups (broad SMARTS) is 1. The monoisotopic (exact) mass is 273 g/mol. The Morgan fingerprint density at radius 2 is 2.26 bits per heavy atom. The number of aliphatic carboxylic acids is 1. The molecule has 19 heavy (non-hydrogen) atoms. The highest BCUT2D eigenvalue weighted by molar-refractivity contribution is 5.74. The van der Waals surface area contributed by atoms with Gasteiger partial charge in [-0.2, -0.15) is 0 Å². The number of hydrogen-bond donors (Lipinski definition) is 2. The van der Waals surface area contributed by atoms with E-state index in [-0.39, 0.29) is 12.5 Å². The first kappa shape index (κ1) is 16.4. The van der Waals surface area contributed by atoms with Crippen LogP contribution >= 0.6 is 0 Å². The fourth-order valence-electron chi connectivity index (χ4n) is 2.67. The van der Waals surface area contributed by atoms with E-state index in [2.05, 4.69) is 6.92 Å². The Kier molecular flexibility index (Phi) is 7.34. The average molecular weight is 273 g/mol. The van der Waals surface area contributed by atoms with Gasteiger partial charge in [-0.3, -0.25) is 9.69 Å². The molecule has 3 unspecified atom stereocenters. The Morgan fingerprint density at radius 3 is 2.89 bits per heavy atom. The third-order valence-corrected chi connectivity index (χ3v) is 3.69. The van der Waals surface area contributed by atoms with Gasteiger partial charge in [0.1, 0.15) is 6.04 Å². The number of aliphatic hydroxyl groups is 1. The van der Waals surface area contributed by atoms with Crippen LogP contribution < -0.4 is 0 Å². The van der Waals surface area contributed by atoms with Crippen LogP contribution in [-0.4, -0.2) is 59.5 Å². The molecule has 0 amide bonds. The number of likely N-dealkylation sites (tertiary alicyclic amines) is 1. The fraction of sp³-hybridized carbons (Fsp3) is 0.929. The van der Waals surface area contributed by atoms with Crippen molar-refractivity contribution in [2.24, 2.45) is 5.92 Å². The van der Waals surface area contributed by atoms with Crippen molar-refractivity contribution in [1.29, 1.82) is 0 Å². The van der Waals surface area contributed by atoms with E-state index in [0.29, 0.717) is 13.2 Å². The van der Waals surface area contributed by atoms with Crippen LogP contribution in [0.4, 0.5) is 0 Å². The fourth-order valence-corrected chi connectivity index (χ4v) is 2.67. The number of ether oxygens (including phenoxy) is 1. The van der Waals surface area contributed by atoms with E-state index in [9.17, 15) is 15.0 Å². The molecule has 0 radical (unpaired) electrons. The molecule has 5 nitrogen and oxygen atoms in total. The number of hydrogen-bond acceptors (Lipinski definition) is 4. The number of nitrogens with zero attached hydrogens (tertiary/aromatic N) is 1. The maximum Gasteiger partial charge on any atom is 0.321 e. The van der Waals surface area contributed by atoms with Gasteiger partial charge in [0.2, 0.25) is 0 Å². The Morgan fingerprint density at radius 1 is 1.53 bits per heavy atom. The van der Waals surface area contributed by atoms with Crippen molar-refractivity contribution in [3.8, 4) is 0 Å². The number of carboxylic acids is 1. The number of piperidine rings is 1. The van der Waals surface area contributed by atoms with Crippen molar-refractivity contribution >= 4 is 5.97 Å². The van der Waals surface area contributed by atoms with Gasteiger partial charge < -0.3 is 14.9 Å². The maximum absolute atomic E-state index is 11.3. The molecule has 1 fully saturated rings. The average Bonchev–Trinajstić information content (AvgIpc) is 2.34. The molecule has 0 aromatic rings. The molecule has 1 aliphatic heterocycles. The van der Waals surface area contributed by atoms with Crippen molar-refractivity contribution in [3.05, 3.63) is 0 Å². The van der Waals surface area contributed by atoms with E-state index in [1.165, 1.54) is 0 Å². The highest BCUT2D eigenvalue weighted by Crippen LogP contribution is 2.23. The lowest BCUT2D eigenvalue weighted by molar-refractivity contribution is -0.147. The topological polar surface area (TPSA) is 70.0 Å². The van der Waals surface area contributed by atoms with Gasteiger partial charge in [-0.15, -0.1) is 0 Å². The van der Waals surface area contributed by atoms with Gasteiger partial charge in [-0.05, 0) is 31.7 Å². The molecule has 1 aliphatic rings. The predicted octanol–water partition coefficient (Wildman–Crippen LogP) is 1.35. The summed E-state index contributed by atoms with van der Waals surface area (Å²) in [5.41, 5.74) is 0. The van der Waals surface area contributed by atoms with E-state index < -0.39 is 18.1 Å². The highest BCUT2D eigenvalue weighted by Gasteiger charge is 2.34. The third kappa shape index (κ3) is 5.47. The van der Waals surface area contributed by atoms with Crippen LogP contribution in [0.2, 0.25) is 0 Å². The van der Waals surface area contributed by atoms with Crippen LogP contribution in [0.5, 0.6) is 0 Å². The molecule has 0 spiro atoms. The van der Waals surface area contributed by atoms with Crippen LogP contribution in [0, 0.1) is 5.92 Å². The molecule has 0 aromatic heterocycles. The Balaban J connectivity index is 2.37. The Labute approximate surface area is 115 Å². The summed E-state index contributed by atoms with van der Waals surface area (Å²) in [6.07, 6.45) is 3.39. The van der Waals surface area contributed by atoms with Crippen LogP contribution in [0.25, 0.3) is 0 Å². The van der Waals surface area contributed by atoms with Crippen molar-refractivity contribution in [1.82, 2.24) is 4.90 Å². The van der Waals surface area contributed by atoms with Crippen molar-refractivity contribution < 1.29 is 19.7 Å². The zero-order chi connectivity index (χ0) is 14.3. The SMILES string of the molecule is CCCCOCC(O)CN1CCCC(C)C1C(=O)O. The summed E-state index contributed by atoms with van der Waals surface area (Å²) in [6, 6.07) is -0.473. The zero-order valence-corrected chi connectivity index (χ0v) is 12.0. The molecule has 3 atom stereocenters.